The van der Waals surface area contributed by atoms with Gasteiger partial charge in [0.15, 0.2) is 16.7 Å². The highest BCUT2D eigenvalue weighted by Gasteiger charge is 2.47. The van der Waals surface area contributed by atoms with Crippen LogP contribution in [-0.2, 0) is 14.3 Å². The first-order chi connectivity index (χ1) is 14.0. The van der Waals surface area contributed by atoms with Gasteiger partial charge in [-0.3, -0.25) is 9.69 Å². The Morgan fingerprint density at radius 3 is 2.48 bits per heavy atom. The molecule has 1 fully saturated rings. The van der Waals surface area contributed by atoms with Crippen molar-refractivity contribution in [2.24, 2.45) is 4.99 Å². The number of carbonyl (C=O) groups is 2. The third kappa shape index (κ3) is 3.85. The highest BCUT2D eigenvalue weighted by molar-refractivity contribution is 8.15. The fraction of sp³-hybridized carbons (Fsp3) is 0.476. The van der Waals surface area contributed by atoms with E-state index in [9.17, 15) is 9.59 Å². The first kappa shape index (κ1) is 21.2. The first-order valence-electron chi connectivity index (χ1n) is 9.73. The number of fused-ring (bicyclic) bond motifs is 1. The molecule has 0 saturated carbocycles. The second-order valence-electron chi connectivity index (χ2n) is 6.58. The quantitative estimate of drug-likeness (QED) is 0.629. The number of benzene rings is 1. The molecule has 0 radical (unpaired) electrons. The minimum Gasteiger partial charge on any atom is -0.490 e. The van der Waals surface area contributed by atoms with Crippen molar-refractivity contribution in [2.45, 2.75) is 45.4 Å². The molecule has 1 saturated heterocycles. The molecule has 1 aromatic rings. The lowest BCUT2D eigenvalue weighted by Gasteiger charge is -2.33. The van der Waals surface area contributed by atoms with Gasteiger partial charge < -0.3 is 14.2 Å². The minimum atomic E-state index is -0.624. The molecule has 2 heterocycles. The van der Waals surface area contributed by atoms with Gasteiger partial charge in [-0.1, -0.05) is 24.8 Å². The van der Waals surface area contributed by atoms with Crippen molar-refractivity contribution < 1.29 is 23.8 Å². The van der Waals surface area contributed by atoms with Crippen molar-refractivity contribution in [3.8, 4) is 11.5 Å². The van der Waals surface area contributed by atoms with E-state index in [1.165, 1.54) is 18.9 Å². The van der Waals surface area contributed by atoms with Gasteiger partial charge in [-0.2, -0.15) is 0 Å². The number of ether oxygens (including phenoxy) is 3. The number of aliphatic imine (C=N–C) groups is 1. The summed E-state index contributed by atoms with van der Waals surface area (Å²) in [5.74, 6) is 0.641. The van der Waals surface area contributed by atoms with Crippen LogP contribution in [0.5, 0.6) is 11.5 Å². The Morgan fingerprint density at radius 1 is 1.17 bits per heavy atom. The Morgan fingerprint density at radius 2 is 1.86 bits per heavy atom. The van der Waals surface area contributed by atoms with Crippen molar-refractivity contribution in [1.82, 2.24) is 4.90 Å². The average Bonchev–Trinajstić information content (AvgIpc) is 3.03. The van der Waals surface area contributed by atoms with Gasteiger partial charge in [0.05, 0.1) is 42.9 Å². The van der Waals surface area contributed by atoms with Crippen molar-refractivity contribution in [3.63, 3.8) is 0 Å². The Kier molecular flexibility index (Phi) is 6.52. The number of thioether (sulfide) groups is 1. The van der Waals surface area contributed by atoms with Crippen LogP contribution in [0.4, 0.5) is 0 Å². The van der Waals surface area contributed by atoms with Gasteiger partial charge in [-0.15, -0.1) is 0 Å². The Labute approximate surface area is 175 Å². The van der Waals surface area contributed by atoms with Crippen molar-refractivity contribution >= 4 is 28.8 Å². The molecular weight excluding hydrogens is 392 g/mol. The number of rotatable bonds is 7. The monoisotopic (exact) mass is 418 g/mol. The van der Waals surface area contributed by atoms with Gasteiger partial charge in [0, 0.05) is 0 Å². The van der Waals surface area contributed by atoms with Crippen LogP contribution in [0.1, 0.15) is 45.7 Å². The normalized spacial score (nSPS) is 21.1. The highest BCUT2D eigenvalue weighted by atomic mass is 32.2. The summed E-state index contributed by atoms with van der Waals surface area (Å²) in [6.07, 6.45) is 0.686. The van der Waals surface area contributed by atoms with Crippen LogP contribution in [0.2, 0.25) is 0 Å². The van der Waals surface area contributed by atoms with Crippen LogP contribution in [0.25, 0.3) is 0 Å². The standard InChI is InChI=1S/C21H26N2O5S/c1-6-16-19(24)23-18(17(20(25)26-5)12(4)22-21(23)29-16)13-9-10-14(27-7-2)15(11-13)28-8-3/h9-11,16,18H,6-8H2,1-5H3/t16-,18-/m1/s1. The number of methoxy groups -OCH3 is 1. The minimum absolute atomic E-state index is 0.0537. The number of hydrogen-bond acceptors (Lipinski definition) is 7. The zero-order valence-corrected chi connectivity index (χ0v) is 18.2. The molecule has 1 amide bonds. The fourth-order valence-electron chi connectivity index (χ4n) is 3.51. The molecule has 0 unspecified atom stereocenters. The van der Waals surface area contributed by atoms with Crippen molar-refractivity contribution in [3.05, 3.63) is 35.0 Å². The lowest BCUT2D eigenvalue weighted by molar-refractivity contribution is -0.137. The smallest absolute Gasteiger partial charge is 0.338 e. The van der Waals surface area contributed by atoms with Gasteiger partial charge in [-0.05, 0) is 44.9 Å². The fourth-order valence-corrected chi connectivity index (χ4v) is 4.65. The summed E-state index contributed by atoms with van der Waals surface area (Å²) in [5, 5.41) is 0.402. The predicted molar refractivity (Wildman–Crippen MR) is 112 cm³/mol. The zero-order valence-electron chi connectivity index (χ0n) is 17.4. The molecule has 0 bridgehead atoms. The van der Waals surface area contributed by atoms with Crippen molar-refractivity contribution in [2.75, 3.05) is 20.3 Å². The molecule has 2 atom stereocenters. The van der Waals surface area contributed by atoms with Gasteiger partial charge in [0.25, 0.3) is 0 Å². The van der Waals surface area contributed by atoms with Gasteiger partial charge >= 0.3 is 5.97 Å². The van der Waals surface area contributed by atoms with Gasteiger partial charge in [0.2, 0.25) is 5.91 Å². The van der Waals surface area contributed by atoms with E-state index in [1.54, 1.807) is 11.8 Å². The van der Waals surface area contributed by atoms with E-state index in [0.29, 0.717) is 47.6 Å². The Balaban J connectivity index is 2.15. The lowest BCUT2D eigenvalue weighted by Crippen LogP contribution is -2.40. The van der Waals surface area contributed by atoms with Gasteiger partial charge in [-0.25, -0.2) is 9.79 Å². The summed E-state index contributed by atoms with van der Waals surface area (Å²) in [6.45, 7) is 8.51. The maximum absolute atomic E-state index is 13.1. The molecule has 0 spiro atoms. The highest BCUT2D eigenvalue weighted by Crippen LogP contribution is 2.45. The molecule has 1 aromatic carbocycles. The third-order valence-corrected chi connectivity index (χ3v) is 6.13. The Bertz CT molecular complexity index is 880. The summed E-state index contributed by atoms with van der Waals surface area (Å²) < 4.78 is 16.4. The van der Waals surface area contributed by atoms with Crippen LogP contribution in [0.15, 0.2) is 34.5 Å². The SMILES string of the molecule is CCOc1ccc([C@@H]2C(C(=O)OC)=C(C)N=C3S[C@H](CC)C(=O)N32)cc1OCC. The van der Waals surface area contributed by atoms with E-state index >= 15 is 0 Å². The molecule has 0 aliphatic carbocycles. The van der Waals surface area contributed by atoms with E-state index in [1.807, 2.05) is 39.0 Å². The summed E-state index contributed by atoms with van der Waals surface area (Å²) in [5.41, 5.74) is 1.65. The molecule has 2 aliphatic heterocycles. The van der Waals surface area contributed by atoms with Crippen LogP contribution in [0, 0.1) is 0 Å². The van der Waals surface area contributed by atoms with Crippen LogP contribution in [0.3, 0.4) is 0 Å². The topological polar surface area (TPSA) is 77.4 Å². The maximum atomic E-state index is 13.1. The molecule has 2 aliphatic rings. The zero-order chi connectivity index (χ0) is 21.1. The van der Waals surface area contributed by atoms with E-state index in [2.05, 4.69) is 4.99 Å². The first-order valence-corrected chi connectivity index (χ1v) is 10.6. The number of amides is 1. The van der Waals surface area contributed by atoms with E-state index < -0.39 is 12.0 Å². The molecule has 8 heteroatoms. The van der Waals surface area contributed by atoms with Crippen molar-refractivity contribution in [1.29, 1.82) is 0 Å². The molecule has 156 valence electrons. The molecular formula is C21H26N2O5S. The average molecular weight is 419 g/mol. The second kappa shape index (κ2) is 8.90. The molecule has 3 rings (SSSR count). The van der Waals surface area contributed by atoms with Gasteiger partial charge in [0.1, 0.15) is 0 Å². The number of nitrogens with zero attached hydrogens (tertiary/aromatic N) is 2. The number of esters is 1. The molecule has 7 nitrogen and oxygen atoms in total. The summed E-state index contributed by atoms with van der Waals surface area (Å²) in [4.78, 5) is 31.9. The van der Waals surface area contributed by atoms with Crippen LogP contribution in [-0.4, -0.2) is 47.5 Å². The molecule has 0 N–H and O–H groups in total. The Hall–Kier alpha value is -2.48. The van der Waals surface area contributed by atoms with E-state index in [4.69, 9.17) is 14.2 Å². The van der Waals surface area contributed by atoms with Crippen LogP contribution < -0.4 is 9.47 Å². The van der Waals surface area contributed by atoms with Crippen LogP contribution >= 0.6 is 11.8 Å². The number of hydrogen-bond donors (Lipinski definition) is 0. The lowest BCUT2D eigenvalue weighted by atomic mass is 9.94. The predicted octanol–water partition coefficient (Wildman–Crippen LogP) is 3.70. The largest absolute Gasteiger partial charge is 0.490 e. The summed E-state index contributed by atoms with van der Waals surface area (Å²) in [7, 11) is 1.33. The maximum Gasteiger partial charge on any atom is 0.338 e. The summed E-state index contributed by atoms with van der Waals surface area (Å²) >= 11 is 1.44. The molecule has 29 heavy (non-hydrogen) atoms. The number of carbonyl (C=O) groups excluding carboxylic acids is 2. The number of amidine groups is 1. The number of allylic oxidation sites excluding steroid dienone is 1. The second-order valence-corrected chi connectivity index (χ2v) is 7.75. The van der Waals surface area contributed by atoms with E-state index in [-0.39, 0.29) is 11.2 Å². The summed E-state index contributed by atoms with van der Waals surface area (Å²) in [6, 6.07) is 4.87. The molecule has 0 aromatic heterocycles. The van der Waals surface area contributed by atoms with E-state index in [0.717, 1.165) is 5.56 Å². The third-order valence-electron chi connectivity index (χ3n) is 4.81.